The maximum Gasteiger partial charge on any atom is 0.327 e. The van der Waals surface area contributed by atoms with Crippen molar-refractivity contribution in [2.45, 2.75) is 61.5 Å². The first-order valence-electron chi connectivity index (χ1n) is 13.1. The van der Waals surface area contributed by atoms with Gasteiger partial charge >= 0.3 is 6.03 Å². The van der Waals surface area contributed by atoms with E-state index < -0.39 is 11.3 Å². The molecule has 2 unspecified atom stereocenters. The molecule has 1 saturated carbocycles. The quantitative estimate of drug-likeness (QED) is 0.414. The molecule has 1 aromatic heterocycles. The van der Waals surface area contributed by atoms with Crippen LogP contribution in [0.15, 0.2) is 65.8 Å². The van der Waals surface area contributed by atoms with E-state index in [1.165, 1.54) is 18.7 Å². The highest BCUT2D eigenvalue weighted by molar-refractivity contribution is 8.01. The zero-order valence-corrected chi connectivity index (χ0v) is 22.5. The van der Waals surface area contributed by atoms with Crippen molar-refractivity contribution in [2.24, 2.45) is 0 Å². The number of carbonyl (C=O) groups is 3. The number of amides is 4. The molecule has 0 radical (unpaired) electrons. The molecule has 1 aliphatic carbocycles. The molecule has 0 bridgehead atoms. The Morgan fingerprint density at radius 3 is 2.54 bits per heavy atom. The first kappa shape index (κ1) is 25.2. The topological polar surface area (TPSA) is 113 Å². The average molecular weight is 544 g/mol. The van der Waals surface area contributed by atoms with Gasteiger partial charge in [-0.05, 0) is 68.1 Å². The number of nitrogens with zero attached hydrogens (tertiary/aromatic N) is 2. The van der Waals surface area contributed by atoms with Gasteiger partial charge in [-0.3, -0.25) is 14.5 Å². The lowest BCUT2D eigenvalue weighted by Gasteiger charge is -2.35. The molecule has 0 saturated heterocycles. The van der Waals surface area contributed by atoms with Crippen LogP contribution in [-0.4, -0.2) is 40.2 Å². The Morgan fingerprint density at radius 2 is 1.79 bits per heavy atom. The Kier molecular flexibility index (Phi) is 6.64. The second kappa shape index (κ2) is 10.3. The van der Waals surface area contributed by atoms with Gasteiger partial charge in [0.15, 0.2) is 0 Å². The molecule has 1 fully saturated rings. The molecule has 9 nitrogen and oxygen atoms in total. The summed E-state index contributed by atoms with van der Waals surface area (Å²) in [5.41, 5.74) is 3.15. The molecule has 10 heteroatoms. The van der Waals surface area contributed by atoms with Crippen molar-refractivity contribution in [1.29, 1.82) is 0 Å². The molecule has 4 amide bonds. The molecule has 0 spiro atoms. The summed E-state index contributed by atoms with van der Waals surface area (Å²) in [6, 6.07) is 16.0. The Balaban J connectivity index is 1.25. The minimum Gasteiger partial charge on any atom is -0.457 e. The Labute approximate surface area is 230 Å². The monoisotopic (exact) mass is 543 g/mol. The fourth-order valence-electron chi connectivity index (χ4n) is 5.66. The van der Waals surface area contributed by atoms with Gasteiger partial charge in [-0.25, -0.2) is 9.78 Å². The Bertz CT molecular complexity index is 1450. The molecule has 4 atom stereocenters. The highest BCUT2D eigenvalue weighted by Crippen LogP contribution is 2.51. The van der Waals surface area contributed by atoms with Crippen LogP contribution in [0.5, 0.6) is 11.5 Å². The second-order valence-electron chi connectivity index (χ2n) is 10.1. The number of carbonyl (C=O) groups excluding carboxylic acids is 3. The SMILES string of the molecule is CC(=O)N[C@@H]1CCC[C@H]1NC(=O)C1Sc2nccc3c2C1NC(=O)N3c1ccc(Oc2ccccc2)cc1C. The summed E-state index contributed by atoms with van der Waals surface area (Å²) >= 11 is 1.36. The summed E-state index contributed by atoms with van der Waals surface area (Å²) in [7, 11) is 0. The third-order valence-electron chi connectivity index (χ3n) is 7.38. The van der Waals surface area contributed by atoms with Gasteiger partial charge in [0.1, 0.15) is 21.8 Å². The predicted molar refractivity (Wildman–Crippen MR) is 148 cm³/mol. The normalized spacial score (nSPS) is 23.1. The summed E-state index contributed by atoms with van der Waals surface area (Å²) in [6.07, 6.45) is 4.25. The lowest BCUT2D eigenvalue weighted by Crippen LogP contribution is -2.53. The van der Waals surface area contributed by atoms with Crippen LogP contribution in [0.4, 0.5) is 16.2 Å². The van der Waals surface area contributed by atoms with E-state index in [2.05, 4.69) is 20.9 Å². The van der Waals surface area contributed by atoms with Crippen LogP contribution in [0.2, 0.25) is 0 Å². The van der Waals surface area contributed by atoms with Crippen LogP contribution >= 0.6 is 11.8 Å². The molecule has 39 heavy (non-hydrogen) atoms. The summed E-state index contributed by atoms with van der Waals surface area (Å²) in [4.78, 5) is 44.8. The zero-order chi connectivity index (χ0) is 27.1. The van der Waals surface area contributed by atoms with Gasteiger partial charge < -0.3 is 20.7 Å². The summed E-state index contributed by atoms with van der Waals surface area (Å²) in [5, 5.41) is 9.32. The van der Waals surface area contributed by atoms with Crippen molar-refractivity contribution < 1.29 is 19.1 Å². The van der Waals surface area contributed by atoms with E-state index in [9.17, 15) is 14.4 Å². The van der Waals surface area contributed by atoms with E-state index in [1.807, 2.05) is 61.5 Å². The second-order valence-corrected chi connectivity index (χ2v) is 11.2. The standard InChI is InChI=1S/C29H29N5O4S/c1-16-15-19(38-18-7-4-3-5-8-18)11-12-22(16)34-23-13-14-30-28-24(23)25(33-29(34)37)26(39-28)27(36)32-21-10-6-9-20(21)31-17(2)35/h3-5,7-8,11-15,20-21,25-26H,6,9-10H2,1-2H3,(H,31,35)(H,32,36)(H,33,37)/t20-,21-,25?,26?/m1/s1. The van der Waals surface area contributed by atoms with Gasteiger partial charge in [-0.1, -0.05) is 30.0 Å². The number of pyridine rings is 1. The van der Waals surface area contributed by atoms with Gasteiger partial charge in [0.05, 0.1) is 17.4 Å². The van der Waals surface area contributed by atoms with Crippen LogP contribution in [0, 0.1) is 6.92 Å². The maximum absolute atomic E-state index is 13.5. The number of anilines is 2. The molecule has 3 aromatic rings. The number of thioether (sulfide) groups is 1. The number of hydrogen-bond acceptors (Lipinski definition) is 6. The Morgan fingerprint density at radius 1 is 1.03 bits per heavy atom. The first-order chi connectivity index (χ1) is 18.9. The van der Waals surface area contributed by atoms with E-state index in [0.717, 1.165) is 46.9 Å². The lowest BCUT2D eigenvalue weighted by atomic mass is 9.99. The smallest absolute Gasteiger partial charge is 0.327 e. The van der Waals surface area contributed by atoms with Crippen LogP contribution in [0.25, 0.3) is 0 Å². The van der Waals surface area contributed by atoms with E-state index in [4.69, 9.17) is 4.74 Å². The zero-order valence-electron chi connectivity index (χ0n) is 21.6. The number of aryl methyl sites for hydroxylation is 1. The number of aromatic nitrogens is 1. The number of urea groups is 1. The van der Waals surface area contributed by atoms with Crippen LogP contribution in [0.1, 0.15) is 43.4 Å². The third-order valence-corrected chi connectivity index (χ3v) is 8.67. The van der Waals surface area contributed by atoms with Crippen LogP contribution < -0.4 is 25.6 Å². The van der Waals surface area contributed by atoms with Crippen molar-refractivity contribution in [1.82, 2.24) is 20.9 Å². The minimum atomic E-state index is -0.555. The molecular formula is C29H29N5O4S. The van der Waals surface area contributed by atoms with Crippen molar-refractivity contribution in [2.75, 3.05) is 4.90 Å². The fourth-order valence-corrected chi connectivity index (χ4v) is 6.90. The van der Waals surface area contributed by atoms with E-state index in [1.54, 1.807) is 11.1 Å². The molecule has 6 rings (SSSR count). The Hall–Kier alpha value is -4.05. The van der Waals surface area contributed by atoms with E-state index in [0.29, 0.717) is 11.4 Å². The molecule has 2 aliphatic heterocycles. The van der Waals surface area contributed by atoms with Gasteiger partial charge in [-0.15, -0.1) is 0 Å². The van der Waals surface area contributed by atoms with Gasteiger partial charge in [0.2, 0.25) is 11.8 Å². The van der Waals surface area contributed by atoms with Gasteiger partial charge in [-0.2, -0.15) is 0 Å². The maximum atomic E-state index is 13.5. The molecule has 3 heterocycles. The highest BCUT2D eigenvalue weighted by Gasteiger charge is 2.47. The number of rotatable bonds is 6. The molecule has 3 N–H and O–H groups in total. The summed E-state index contributed by atoms with van der Waals surface area (Å²) in [6.45, 7) is 3.43. The molecule has 3 aliphatic rings. The van der Waals surface area contributed by atoms with Crippen molar-refractivity contribution >= 4 is 41.0 Å². The molecule has 2 aromatic carbocycles. The third kappa shape index (κ3) is 4.80. The predicted octanol–water partition coefficient (Wildman–Crippen LogP) is 4.73. The highest BCUT2D eigenvalue weighted by atomic mass is 32.2. The lowest BCUT2D eigenvalue weighted by molar-refractivity contribution is -0.123. The summed E-state index contributed by atoms with van der Waals surface area (Å²) in [5.74, 6) is 1.14. The number of ether oxygens (including phenoxy) is 1. The van der Waals surface area contributed by atoms with Gasteiger partial charge in [0.25, 0.3) is 0 Å². The largest absolute Gasteiger partial charge is 0.457 e. The minimum absolute atomic E-state index is 0.0813. The van der Waals surface area contributed by atoms with Crippen molar-refractivity contribution in [3.05, 3.63) is 71.9 Å². The van der Waals surface area contributed by atoms with Gasteiger partial charge in [0, 0.05) is 30.8 Å². The van der Waals surface area contributed by atoms with Crippen LogP contribution in [0.3, 0.4) is 0 Å². The average Bonchev–Trinajstić information content (AvgIpc) is 3.50. The van der Waals surface area contributed by atoms with E-state index in [-0.39, 0.29) is 29.9 Å². The fraction of sp³-hybridized carbons (Fsp3) is 0.310. The van der Waals surface area contributed by atoms with Crippen molar-refractivity contribution in [3.8, 4) is 11.5 Å². The summed E-state index contributed by atoms with van der Waals surface area (Å²) < 4.78 is 5.97. The number of para-hydroxylation sites is 1. The molecular weight excluding hydrogens is 514 g/mol. The number of hydrogen-bond donors (Lipinski definition) is 3. The van der Waals surface area contributed by atoms with Crippen LogP contribution in [-0.2, 0) is 9.59 Å². The number of benzene rings is 2. The van der Waals surface area contributed by atoms with E-state index >= 15 is 0 Å². The van der Waals surface area contributed by atoms with Crippen molar-refractivity contribution in [3.63, 3.8) is 0 Å². The molecule has 200 valence electrons. The first-order valence-corrected chi connectivity index (χ1v) is 13.9. The number of nitrogens with one attached hydrogen (secondary N) is 3.